The van der Waals surface area contributed by atoms with Crippen molar-refractivity contribution in [1.82, 2.24) is 20.2 Å². The zero-order valence-electron chi connectivity index (χ0n) is 20.2. The van der Waals surface area contributed by atoms with Crippen molar-refractivity contribution in [2.45, 2.75) is 37.6 Å². The van der Waals surface area contributed by atoms with Crippen LogP contribution in [0.25, 0.3) is 11.0 Å². The minimum Gasteiger partial charge on any atom is -0.489 e. The number of ether oxygens (including phenoxy) is 2. The monoisotopic (exact) mass is 496 g/mol. The lowest BCUT2D eigenvalue weighted by molar-refractivity contribution is -0.159. The summed E-state index contributed by atoms with van der Waals surface area (Å²) in [6.07, 6.45) is 3.34. The van der Waals surface area contributed by atoms with Gasteiger partial charge in [0, 0.05) is 19.6 Å². The number of nitrogens with one attached hydrogen (secondary N) is 2. The van der Waals surface area contributed by atoms with Crippen molar-refractivity contribution in [3.8, 4) is 5.75 Å². The maximum atomic E-state index is 9.10. The zero-order chi connectivity index (χ0) is 25.5. The van der Waals surface area contributed by atoms with Gasteiger partial charge in [0.2, 0.25) is 0 Å². The number of nitrogens with zero attached hydrogens (tertiary/aromatic N) is 2. The molecule has 3 heterocycles. The molecular formula is C26H32N4O6. The Balaban J connectivity index is 0.000000455. The van der Waals surface area contributed by atoms with Crippen molar-refractivity contribution in [2.24, 2.45) is 0 Å². The van der Waals surface area contributed by atoms with Crippen molar-refractivity contribution in [3.63, 3.8) is 0 Å². The van der Waals surface area contributed by atoms with E-state index in [0.717, 1.165) is 73.6 Å². The number of piperidine rings is 1. The Labute approximate surface area is 209 Å². The van der Waals surface area contributed by atoms with Crippen molar-refractivity contribution in [3.05, 3.63) is 59.9 Å². The number of hydrogen-bond acceptors (Lipinski definition) is 7. The summed E-state index contributed by atoms with van der Waals surface area (Å²) in [7, 11) is 2.17. The molecule has 2 saturated heterocycles. The summed E-state index contributed by atoms with van der Waals surface area (Å²) in [5.74, 6) is -1.89. The number of aromatic amines is 1. The SMILES string of the molecule is CN1CCC(OC(c2cccc(OC3CCNC3)c2)c2nc3ccccc3[nH]2)CC1.O=C(O)C(=O)O. The highest BCUT2D eigenvalue weighted by atomic mass is 16.5. The summed E-state index contributed by atoms with van der Waals surface area (Å²) in [5, 5.41) is 18.1. The van der Waals surface area contributed by atoms with Crippen molar-refractivity contribution in [1.29, 1.82) is 0 Å². The zero-order valence-corrected chi connectivity index (χ0v) is 20.2. The van der Waals surface area contributed by atoms with Crippen molar-refractivity contribution in [2.75, 3.05) is 33.2 Å². The van der Waals surface area contributed by atoms with Crippen LogP contribution in [0, 0.1) is 0 Å². The average molecular weight is 497 g/mol. The second-order valence-electron chi connectivity index (χ2n) is 9.07. The Hall–Kier alpha value is -3.47. The minimum absolute atomic E-state index is 0.225. The summed E-state index contributed by atoms with van der Waals surface area (Å²) >= 11 is 0. The van der Waals surface area contributed by atoms with Gasteiger partial charge < -0.3 is 34.9 Å². The van der Waals surface area contributed by atoms with E-state index >= 15 is 0 Å². The quantitative estimate of drug-likeness (QED) is 0.380. The predicted molar refractivity (Wildman–Crippen MR) is 133 cm³/mol. The summed E-state index contributed by atoms with van der Waals surface area (Å²) in [6, 6.07) is 16.5. The maximum Gasteiger partial charge on any atom is 0.414 e. The largest absolute Gasteiger partial charge is 0.489 e. The molecule has 0 spiro atoms. The Morgan fingerprint density at radius 3 is 2.44 bits per heavy atom. The topological polar surface area (TPSA) is 137 Å². The summed E-state index contributed by atoms with van der Waals surface area (Å²) in [6.45, 7) is 4.05. The van der Waals surface area contributed by atoms with Crippen LogP contribution in [0.15, 0.2) is 48.5 Å². The molecule has 1 aromatic heterocycles. The van der Waals surface area contributed by atoms with E-state index < -0.39 is 11.9 Å². The number of carbonyl (C=O) groups is 2. The molecular weight excluding hydrogens is 464 g/mol. The van der Waals surface area contributed by atoms with E-state index in [1.807, 2.05) is 24.3 Å². The van der Waals surface area contributed by atoms with E-state index in [-0.39, 0.29) is 18.3 Å². The second-order valence-corrected chi connectivity index (χ2v) is 9.07. The molecule has 0 radical (unpaired) electrons. The summed E-state index contributed by atoms with van der Waals surface area (Å²) < 4.78 is 12.9. The van der Waals surface area contributed by atoms with E-state index in [1.54, 1.807) is 0 Å². The molecule has 2 aliphatic heterocycles. The first-order valence-electron chi connectivity index (χ1n) is 12.1. The number of imidazole rings is 1. The number of carboxylic acid groups (broad SMARTS) is 2. The van der Waals surface area contributed by atoms with Crippen LogP contribution in [0.1, 0.15) is 36.8 Å². The first kappa shape index (κ1) is 25.6. The fourth-order valence-electron chi connectivity index (χ4n) is 4.38. The first-order chi connectivity index (χ1) is 17.4. The van der Waals surface area contributed by atoms with Gasteiger partial charge >= 0.3 is 11.9 Å². The number of aliphatic carboxylic acids is 2. The third-order valence-electron chi connectivity index (χ3n) is 6.31. The van der Waals surface area contributed by atoms with E-state index in [1.165, 1.54) is 0 Å². The van der Waals surface area contributed by atoms with Crippen LogP contribution in [0.5, 0.6) is 5.75 Å². The molecule has 36 heavy (non-hydrogen) atoms. The highest BCUT2D eigenvalue weighted by Crippen LogP contribution is 2.32. The van der Waals surface area contributed by atoms with Gasteiger partial charge in [0.05, 0.1) is 17.1 Å². The molecule has 5 rings (SSSR count). The predicted octanol–water partition coefficient (Wildman–Crippen LogP) is 2.66. The Morgan fingerprint density at radius 1 is 1.03 bits per heavy atom. The van der Waals surface area contributed by atoms with E-state index in [2.05, 4.69) is 46.5 Å². The van der Waals surface area contributed by atoms with Crippen LogP contribution in [0.3, 0.4) is 0 Å². The molecule has 4 N–H and O–H groups in total. The van der Waals surface area contributed by atoms with Gasteiger partial charge in [-0.15, -0.1) is 0 Å². The van der Waals surface area contributed by atoms with Gasteiger partial charge in [0.1, 0.15) is 23.8 Å². The molecule has 192 valence electrons. The molecule has 0 bridgehead atoms. The molecule has 2 aromatic carbocycles. The summed E-state index contributed by atoms with van der Waals surface area (Å²) in [4.78, 5) is 28.9. The van der Waals surface area contributed by atoms with Crippen LogP contribution in [0.2, 0.25) is 0 Å². The average Bonchev–Trinajstić information content (AvgIpc) is 3.54. The molecule has 3 aromatic rings. The highest BCUT2D eigenvalue weighted by Gasteiger charge is 2.26. The smallest absolute Gasteiger partial charge is 0.414 e. The van der Waals surface area contributed by atoms with Crippen LogP contribution < -0.4 is 10.1 Å². The number of fused-ring (bicyclic) bond motifs is 1. The molecule has 2 aliphatic rings. The molecule has 0 saturated carbocycles. The Kier molecular flexibility index (Phi) is 8.52. The lowest BCUT2D eigenvalue weighted by Gasteiger charge is -2.31. The fourth-order valence-corrected chi connectivity index (χ4v) is 4.38. The molecule has 0 aliphatic carbocycles. The number of H-pyrrole nitrogens is 1. The molecule has 10 nitrogen and oxygen atoms in total. The molecule has 0 amide bonds. The fraction of sp³-hybridized carbons (Fsp3) is 0.423. The number of benzene rings is 2. The maximum absolute atomic E-state index is 9.10. The van der Waals surface area contributed by atoms with Gasteiger partial charge in [0.25, 0.3) is 0 Å². The van der Waals surface area contributed by atoms with Crippen LogP contribution >= 0.6 is 0 Å². The van der Waals surface area contributed by atoms with Crippen LogP contribution in [-0.2, 0) is 14.3 Å². The Morgan fingerprint density at radius 2 is 1.78 bits per heavy atom. The molecule has 10 heteroatoms. The third-order valence-corrected chi connectivity index (χ3v) is 6.31. The van der Waals surface area contributed by atoms with Crippen LogP contribution in [0.4, 0.5) is 0 Å². The molecule has 2 unspecified atom stereocenters. The van der Waals surface area contributed by atoms with E-state index in [9.17, 15) is 0 Å². The normalized spacial score (nSPS) is 19.4. The van der Waals surface area contributed by atoms with Gasteiger partial charge in [0.15, 0.2) is 0 Å². The van der Waals surface area contributed by atoms with Gasteiger partial charge in [-0.25, -0.2) is 14.6 Å². The van der Waals surface area contributed by atoms with Gasteiger partial charge in [-0.05, 0) is 62.7 Å². The lowest BCUT2D eigenvalue weighted by atomic mass is 10.1. The van der Waals surface area contributed by atoms with Crippen molar-refractivity contribution < 1.29 is 29.3 Å². The standard InChI is InChI=1S/C24H30N4O2.C2H2O4/c1-28-13-10-18(11-14-28)30-23(24-26-21-7-2-3-8-22(21)27-24)17-5-4-6-19(15-17)29-20-9-12-25-16-20;3-1(4)2(5)6/h2-8,15,18,20,23,25H,9-14,16H2,1H3,(H,26,27);(H,3,4)(H,5,6). The van der Waals surface area contributed by atoms with Gasteiger partial charge in [-0.3, -0.25) is 0 Å². The number of para-hydroxylation sites is 2. The van der Waals surface area contributed by atoms with Crippen LogP contribution in [-0.4, -0.2) is 82.5 Å². The second kappa shape index (κ2) is 12.0. The number of rotatable bonds is 6. The Bertz CT molecular complexity index is 1120. The number of hydrogen-bond donors (Lipinski definition) is 4. The lowest BCUT2D eigenvalue weighted by Crippen LogP contribution is -2.35. The number of likely N-dealkylation sites (tertiary alicyclic amines) is 1. The number of carboxylic acids is 2. The van der Waals surface area contributed by atoms with Gasteiger partial charge in [-0.1, -0.05) is 24.3 Å². The number of aromatic nitrogens is 2. The van der Waals surface area contributed by atoms with Crippen molar-refractivity contribution >= 4 is 23.0 Å². The minimum atomic E-state index is -1.82. The third kappa shape index (κ3) is 6.81. The highest BCUT2D eigenvalue weighted by molar-refractivity contribution is 6.27. The summed E-state index contributed by atoms with van der Waals surface area (Å²) in [5.41, 5.74) is 3.08. The van der Waals surface area contributed by atoms with Gasteiger partial charge in [-0.2, -0.15) is 0 Å². The van der Waals surface area contributed by atoms with E-state index in [4.69, 9.17) is 34.3 Å². The van der Waals surface area contributed by atoms with E-state index in [0.29, 0.717) is 0 Å². The molecule has 2 fully saturated rings. The first-order valence-corrected chi connectivity index (χ1v) is 12.1. The molecule has 2 atom stereocenters.